The molecule has 2 aromatic rings. The molecule has 1 N–H and O–H groups in total. The van der Waals surface area contributed by atoms with Gasteiger partial charge in [-0.25, -0.2) is 9.18 Å². The number of carbonyl (C=O) groups is 1. The van der Waals surface area contributed by atoms with Crippen LogP contribution in [0.5, 0.6) is 5.75 Å². The molecular formula is C18H16BrClFNO3. The van der Waals surface area contributed by atoms with Crippen LogP contribution >= 0.6 is 27.5 Å². The second-order valence-corrected chi connectivity index (χ2v) is 7.29. The molecule has 4 nitrogen and oxygen atoms in total. The minimum absolute atomic E-state index is 0.00958. The number of fused-ring (bicyclic) bond motifs is 1. The van der Waals surface area contributed by atoms with Crippen LogP contribution in [0.25, 0.3) is 0 Å². The van der Waals surface area contributed by atoms with Crippen molar-refractivity contribution in [3.8, 4) is 5.75 Å². The Bertz CT molecular complexity index is 833. The lowest BCUT2D eigenvalue weighted by molar-refractivity contribution is 0.0349. The molecule has 0 saturated heterocycles. The summed E-state index contributed by atoms with van der Waals surface area (Å²) in [6.45, 7) is 2.02. The summed E-state index contributed by atoms with van der Waals surface area (Å²) in [5.41, 5.74) is 0.570. The van der Waals surface area contributed by atoms with Gasteiger partial charge in [0.15, 0.2) is 5.60 Å². The topological polar surface area (TPSA) is 49.8 Å². The Morgan fingerprint density at radius 3 is 2.68 bits per heavy atom. The van der Waals surface area contributed by atoms with Gasteiger partial charge in [-0.1, -0.05) is 48.9 Å². The quantitative estimate of drug-likeness (QED) is 0.680. The first-order chi connectivity index (χ1) is 11.8. The molecule has 0 radical (unpaired) electrons. The lowest BCUT2D eigenvalue weighted by Crippen LogP contribution is -2.46. The maximum absolute atomic E-state index is 14.1. The fourth-order valence-corrected chi connectivity index (χ4v) is 4.19. The lowest BCUT2D eigenvalue weighted by atomic mass is 9.80. The normalized spacial score (nSPS) is 21.6. The first-order valence-electron chi connectivity index (χ1n) is 7.64. The highest BCUT2D eigenvalue weighted by atomic mass is 79.9. The van der Waals surface area contributed by atoms with Crippen LogP contribution in [0, 0.1) is 5.82 Å². The van der Waals surface area contributed by atoms with Gasteiger partial charge in [0.2, 0.25) is 0 Å². The summed E-state index contributed by atoms with van der Waals surface area (Å²) in [5, 5.41) is 9.32. The predicted octanol–water partition coefficient (Wildman–Crippen LogP) is 5.24. The number of amides is 1. The molecule has 0 saturated carbocycles. The van der Waals surface area contributed by atoms with Gasteiger partial charge in [-0.3, -0.25) is 0 Å². The number of halogens is 3. The fourth-order valence-electron chi connectivity index (χ4n) is 3.30. The zero-order valence-electron chi connectivity index (χ0n) is 13.6. The van der Waals surface area contributed by atoms with Crippen molar-refractivity contribution >= 4 is 33.6 Å². The summed E-state index contributed by atoms with van der Waals surface area (Å²) < 4.78 is 20.7. The number of nitrogens with zero attached hydrogens (tertiary/aromatic N) is 1. The highest BCUT2D eigenvalue weighted by Gasteiger charge is 2.50. The number of hydrogen-bond donors (Lipinski definition) is 1. The van der Waals surface area contributed by atoms with Crippen molar-refractivity contribution in [1.29, 1.82) is 0 Å². The van der Waals surface area contributed by atoms with E-state index in [4.69, 9.17) is 16.3 Å². The number of carboxylic acid groups (broad SMARTS) is 1. The maximum atomic E-state index is 14.1. The highest BCUT2D eigenvalue weighted by Crippen LogP contribution is 2.54. The third-order valence-corrected chi connectivity index (χ3v) is 6.07. The third kappa shape index (κ3) is 2.87. The Hall–Kier alpha value is -1.79. The van der Waals surface area contributed by atoms with Crippen molar-refractivity contribution in [3.63, 3.8) is 0 Å². The van der Waals surface area contributed by atoms with Crippen LogP contribution in [-0.2, 0) is 5.60 Å². The van der Waals surface area contributed by atoms with E-state index in [1.54, 1.807) is 0 Å². The molecular weight excluding hydrogens is 413 g/mol. The smallest absolute Gasteiger partial charge is 0.407 e. The van der Waals surface area contributed by atoms with Gasteiger partial charge in [0.1, 0.15) is 11.6 Å². The lowest BCUT2D eigenvalue weighted by Gasteiger charge is -2.36. The van der Waals surface area contributed by atoms with E-state index in [9.17, 15) is 14.3 Å². The van der Waals surface area contributed by atoms with Crippen molar-refractivity contribution in [2.24, 2.45) is 0 Å². The minimum Gasteiger partial charge on any atom is -0.480 e. The minimum atomic E-state index is -1.06. The van der Waals surface area contributed by atoms with Gasteiger partial charge >= 0.3 is 6.09 Å². The Morgan fingerprint density at radius 1 is 1.44 bits per heavy atom. The maximum Gasteiger partial charge on any atom is 0.407 e. The van der Waals surface area contributed by atoms with E-state index in [2.05, 4.69) is 15.9 Å². The Balaban J connectivity index is 2.17. The Kier molecular flexibility index (Phi) is 4.68. The van der Waals surface area contributed by atoms with Crippen molar-refractivity contribution in [1.82, 2.24) is 4.90 Å². The van der Waals surface area contributed by atoms with Gasteiger partial charge in [0, 0.05) is 29.1 Å². The van der Waals surface area contributed by atoms with Gasteiger partial charge < -0.3 is 14.7 Å². The van der Waals surface area contributed by atoms with Crippen LogP contribution in [-0.4, -0.2) is 29.7 Å². The number of likely N-dealkylation sites (N-methyl/N-ethyl adjacent to an activating group) is 1. The number of benzene rings is 2. The van der Waals surface area contributed by atoms with Crippen molar-refractivity contribution < 1.29 is 19.0 Å². The molecule has 0 spiro atoms. The van der Waals surface area contributed by atoms with Crippen molar-refractivity contribution in [2.45, 2.75) is 18.4 Å². The summed E-state index contributed by atoms with van der Waals surface area (Å²) in [6.07, 6.45) is -1.06. The molecule has 0 bridgehead atoms. The van der Waals surface area contributed by atoms with Gasteiger partial charge in [-0.15, -0.1) is 0 Å². The monoisotopic (exact) mass is 427 g/mol. The molecule has 132 valence electrons. The molecule has 25 heavy (non-hydrogen) atoms. The van der Waals surface area contributed by atoms with Crippen LogP contribution in [0.15, 0.2) is 40.9 Å². The summed E-state index contributed by atoms with van der Waals surface area (Å²) in [6, 6.07) is 10.6. The highest BCUT2D eigenvalue weighted by molar-refractivity contribution is 9.10. The van der Waals surface area contributed by atoms with Crippen LogP contribution in [0.2, 0.25) is 5.02 Å². The average molecular weight is 429 g/mol. The molecule has 3 rings (SSSR count). The van der Waals surface area contributed by atoms with E-state index in [0.29, 0.717) is 10.2 Å². The zero-order chi connectivity index (χ0) is 18.4. The summed E-state index contributed by atoms with van der Waals surface area (Å²) >= 11 is 9.40. The molecule has 1 amide bonds. The zero-order valence-corrected chi connectivity index (χ0v) is 15.9. The number of rotatable bonds is 3. The second kappa shape index (κ2) is 6.50. The average Bonchev–Trinajstić information content (AvgIpc) is 2.86. The van der Waals surface area contributed by atoms with Crippen molar-refractivity contribution in [2.75, 3.05) is 13.6 Å². The van der Waals surface area contributed by atoms with E-state index in [-0.39, 0.29) is 17.5 Å². The first kappa shape index (κ1) is 18.0. The van der Waals surface area contributed by atoms with Crippen molar-refractivity contribution in [3.05, 3.63) is 62.8 Å². The van der Waals surface area contributed by atoms with E-state index >= 15 is 0 Å². The predicted molar refractivity (Wildman–Crippen MR) is 96.9 cm³/mol. The van der Waals surface area contributed by atoms with E-state index in [0.717, 1.165) is 11.1 Å². The molecule has 2 aromatic carbocycles. The van der Waals surface area contributed by atoms with Gasteiger partial charge in [-0.05, 0) is 21.5 Å². The van der Waals surface area contributed by atoms with Crippen LogP contribution in [0.4, 0.5) is 9.18 Å². The molecule has 1 aliphatic rings. The van der Waals surface area contributed by atoms with Gasteiger partial charge in [0.05, 0.1) is 11.6 Å². The molecule has 2 atom stereocenters. The molecule has 1 aliphatic heterocycles. The van der Waals surface area contributed by atoms with Crippen LogP contribution in [0.3, 0.4) is 0 Å². The van der Waals surface area contributed by atoms with Gasteiger partial charge in [0.25, 0.3) is 0 Å². The molecule has 0 aromatic heterocycles. The molecule has 1 heterocycles. The molecule has 0 aliphatic carbocycles. The fraction of sp³-hybridized carbons (Fsp3) is 0.278. The summed E-state index contributed by atoms with van der Waals surface area (Å²) in [4.78, 5) is 12.6. The molecule has 0 fully saturated rings. The largest absolute Gasteiger partial charge is 0.480 e. The summed E-state index contributed by atoms with van der Waals surface area (Å²) in [5.74, 6) is -0.474. The van der Waals surface area contributed by atoms with E-state index in [1.807, 2.05) is 37.3 Å². The number of ether oxygens (including phenoxy) is 1. The SMILES string of the molecule is C[C@H]1c2c(cc(F)c(Cl)c2Br)O[C@]1(CN(C)C(=O)O)c1ccccc1. The third-order valence-electron chi connectivity index (χ3n) is 4.65. The molecule has 7 heteroatoms. The molecule has 0 unspecified atom stereocenters. The van der Waals surface area contributed by atoms with Crippen LogP contribution in [0.1, 0.15) is 24.0 Å². The van der Waals surface area contributed by atoms with E-state index < -0.39 is 17.5 Å². The second-order valence-electron chi connectivity index (χ2n) is 6.12. The van der Waals surface area contributed by atoms with Gasteiger partial charge in [-0.2, -0.15) is 0 Å². The Morgan fingerprint density at radius 2 is 2.08 bits per heavy atom. The number of hydrogen-bond acceptors (Lipinski definition) is 2. The van der Waals surface area contributed by atoms with Crippen LogP contribution < -0.4 is 4.74 Å². The standard InChI is InChI=1S/C18H16BrClFNO3/c1-10-14-13(8-12(21)16(20)15(14)19)25-18(10,9-22(2)17(23)24)11-6-4-3-5-7-11/h3-8,10H,9H2,1-2H3,(H,23,24)/t10-,18-/m0/s1. The summed E-state index contributed by atoms with van der Waals surface area (Å²) in [7, 11) is 1.48. The van der Waals surface area contributed by atoms with E-state index in [1.165, 1.54) is 18.0 Å². The first-order valence-corrected chi connectivity index (χ1v) is 8.81. The Labute approximate surface area is 158 Å².